The van der Waals surface area contributed by atoms with Gasteiger partial charge in [0.05, 0.1) is 5.56 Å². The van der Waals surface area contributed by atoms with Crippen molar-refractivity contribution in [1.82, 2.24) is 5.32 Å². The Labute approximate surface area is 122 Å². The maximum atomic E-state index is 9.93. The molecular weight excluding hydrogens is 250 g/mol. The van der Waals surface area contributed by atoms with Gasteiger partial charge in [0, 0.05) is 12.1 Å². The summed E-state index contributed by atoms with van der Waals surface area (Å²) in [4.78, 5) is 0. The second-order valence-corrected chi connectivity index (χ2v) is 6.14. The fourth-order valence-electron chi connectivity index (χ4n) is 3.41. The van der Waals surface area contributed by atoms with Crippen molar-refractivity contribution < 1.29 is 10.2 Å². The van der Waals surface area contributed by atoms with Crippen LogP contribution in [-0.2, 0) is 0 Å². The van der Waals surface area contributed by atoms with E-state index in [0.29, 0.717) is 17.5 Å². The molecule has 0 spiro atoms. The van der Waals surface area contributed by atoms with Crippen LogP contribution in [0.5, 0.6) is 11.5 Å². The van der Waals surface area contributed by atoms with Gasteiger partial charge < -0.3 is 15.5 Å². The van der Waals surface area contributed by atoms with Gasteiger partial charge in [-0.15, -0.1) is 0 Å². The van der Waals surface area contributed by atoms with Crippen LogP contribution in [0.15, 0.2) is 18.2 Å². The van der Waals surface area contributed by atoms with E-state index in [0.717, 1.165) is 0 Å². The Kier molecular flexibility index (Phi) is 5.30. The average Bonchev–Trinajstić information content (AvgIpc) is 2.67. The van der Waals surface area contributed by atoms with Gasteiger partial charge in [-0.05, 0) is 44.7 Å². The van der Waals surface area contributed by atoms with E-state index in [1.54, 1.807) is 18.2 Å². The van der Waals surface area contributed by atoms with E-state index >= 15 is 0 Å². The smallest absolute Gasteiger partial charge is 0.124 e. The lowest BCUT2D eigenvalue weighted by Crippen LogP contribution is -2.35. The number of benzene rings is 1. The summed E-state index contributed by atoms with van der Waals surface area (Å²) in [5.74, 6) is 1.03. The predicted molar refractivity (Wildman–Crippen MR) is 82.0 cm³/mol. The van der Waals surface area contributed by atoms with E-state index in [4.69, 9.17) is 0 Å². The maximum absolute atomic E-state index is 9.93. The Bertz CT molecular complexity index is 405. The quantitative estimate of drug-likeness (QED) is 0.726. The van der Waals surface area contributed by atoms with E-state index in [2.05, 4.69) is 12.2 Å². The lowest BCUT2D eigenvalue weighted by Gasteiger charge is -2.28. The summed E-state index contributed by atoms with van der Waals surface area (Å²) in [6.45, 7) is 4.23. The van der Waals surface area contributed by atoms with E-state index in [-0.39, 0.29) is 17.5 Å². The van der Waals surface area contributed by atoms with Crippen molar-refractivity contribution in [1.29, 1.82) is 0 Å². The zero-order valence-electron chi connectivity index (χ0n) is 12.6. The van der Waals surface area contributed by atoms with E-state index in [1.165, 1.54) is 38.5 Å². The first-order chi connectivity index (χ1) is 9.59. The second kappa shape index (κ2) is 6.98. The highest BCUT2D eigenvalue weighted by molar-refractivity contribution is 5.44. The Morgan fingerprint density at radius 2 is 1.55 bits per heavy atom. The number of rotatable bonds is 4. The van der Waals surface area contributed by atoms with Gasteiger partial charge in [0.2, 0.25) is 0 Å². The van der Waals surface area contributed by atoms with Gasteiger partial charge in [-0.25, -0.2) is 0 Å². The standard InChI is InChI=1S/C17H27NO2/c1-12(14-8-5-3-4-6-9-14)18-13(2)17-15(19)10-7-11-16(17)20/h7,10-14,18-20H,3-6,8-9H2,1-2H3/t12-,13?/m0/s1. The second-order valence-electron chi connectivity index (χ2n) is 6.14. The molecule has 112 valence electrons. The summed E-state index contributed by atoms with van der Waals surface area (Å²) in [5, 5.41) is 23.4. The van der Waals surface area contributed by atoms with Gasteiger partial charge in [-0.3, -0.25) is 0 Å². The molecule has 0 heterocycles. The van der Waals surface area contributed by atoms with Gasteiger partial charge >= 0.3 is 0 Å². The summed E-state index contributed by atoms with van der Waals surface area (Å²) >= 11 is 0. The molecule has 1 fully saturated rings. The third-order valence-corrected chi connectivity index (χ3v) is 4.61. The Morgan fingerprint density at radius 1 is 1.00 bits per heavy atom. The molecule has 2 atom stereocenters. The topological polar surface area (TPSA) is 52.5 Å². The third-order valence-electron chi connectivity index (χ3n) is 4.61. The van der Waals surface area contributed by atoms with Gasteiger partial charge in [-0.1, -0.05) is 31.7 Å². The number of hydrogen-bond donors (Lipinski definition) is 3. The van der Waals surface area contributed by atoms with Crippen molar-refractivity contribution in [3.05, 3.63) is 23.8 Å². The Morgan fingerprint density at radius 3 is 2.10 bits per heavy atom. The molecule has 0 bridgehead atoms. The molecule has 1 saturated carbocycles. The molecule has 0 radical (unpaired) electrons. The highest BCUT2D eigenvalue weighted by Gasteiger charge is 2.22. The van der Waals surface area contributed by atoms with Crippen LogP contribution in [0.25, 0.3) is 0 Å². The molecule has 3 N–H and O–H groups in total. The van der Waals surface area contributed by atoms with Crippen molar-refractivity contribution in [3.63, 3.8) is 0 Å². The monoisotopic (exact) mass is 277 g/mol. The molecule has 3 nitrogen and oxygen atoms in total. The van der Waals surface area contributed by atoms with Crippen LogP contribution in [0.1, 0.15) is 64.0 Å². The van der Waals surface area contributed by atoms with Crippen molar-refractivity contribution >= 4 is 0 Å². The molecule has 0 amide bonds. The molecular formula is C17H27NO2. The molecule has 1 aromatic carbocycles. The van der Waals surface area contributed by atoms with Gasteiger partial charge in [0.1, 0.15) is 11.5 Å². The number of nitrogens with one attached hydrogen (secondary N) is 1. The van der Waals surface area contributed by atoms with Crippen LogP contribution in [-0.4, -0.2) is 16.3 Å². The molecule has 1 unspecified atom stereocenters. The molecule has 1 aromatic rings. The summed E-state index contributed by atoms with van der Waals surface area (Å²) in [6.07, 6.45) is 7.94. The highest BCUT2D eigenvalue weighted by Crippen LogP contribution is 2.33. The lowest BCUT2D eigenvalue weighted by atomic mass is 9.92. The lowest BCUT2D eigenvalue weighted by molar-refractivity contribution is 0.310. The maximum Gasteiger partial charge on any atom is 0.124 e. The molecule has 2 rings (SSSR count). The first-order valence-electron chi connectivity index (χ1n) is 7.86. The number of aromatic hydroxyl groups is 2. The zero-order chi connectivity index (χ0) is 14.5. The molecule has 3 heteroatoms. The minimum absolute atomic E-state index is 0.0468. The molecule has 20 heavy (non-hydrogen) atoms. The van der Waals surface area contributed by atoms with Crippen LogP contribution in [0.4, 0.5) is 0 Å². The summed E-state index contributed by atoms with van der Waals surface area (Å²) in [6, 6.07) is 5.28. The first-order valence-corrected chi connectivity index (χ1v) is 7.86. The van der Waals surface area contributed by atoms with Crippen LogP contribution >= 0.6 is 0 Å². The van der Waals surface area contributed by atoms with Gasteiger partial charge in [-0.2, -0.15) is 0 Å². The molecule has 1 aliphatic carbocycles. The van der Waals surface area contributed by atoms with E-state index in [9.17, 15) is 10.2 Å². The highest BCUT2D eigenvalue weighted by atomic mass is 16.3. The molecule has 0 saturated heterocycles. The Balaban J connectivity index is 2.01. The Hall–Kier alpha value is -1.22. The van der Waals surface area contributed by atoms with E-state index < -0.39 is 0 Å². The fourth-order valence-corrected chi connectivity index (χ4v) is 3.41. The molecule has 1 aliphatic rings. The number of hydrogen-bond acceptors (Lipinski definition) is 3. The van der Waals surface area contributed by atoms with E-state index in [1.807, 2.05) is 6.92 Å². The van der Waals surface area contributed by atoms with Crippen molar-refractivity contribution in [3.8, 4) is 11.5 Å². The number of phenols is 2. The normalized spacial score (nSPS) is 20.3. The van der Waals surface area contributed by atoms with Crippen molar-refractivity contribution in [2.24, 2.45) is 5.92 Å². The molecule has 0 aliphatic heterocycles. The third kappa shape index (κ3) is 3.66. The van der Waals surface area contributed by atoms with Gasteiger partial charge in [0.25, 0.3) is 0 Å². The summed E-state index contributed by atoms with van der Waals surface area (Å²) < 4.78 is 0. The van der Waals surface area contributed by atoms with Crippen molar-refractivity contribution in [2.45, 2.75) is 64.5 Å². The SMILES string of the molecule is CC(N[C@@H](C)C1CCCCCC1)c1c(O)cccc1O. The van der Waals surface area contributed by atoms with Gasteiger partial charge in [0.15, 0.2) is 0 Å². The largest absolute Gasteiger partial charge is 0.507 e. The van der Waals surface area contributed by atoms with Crippen LogP contribution < -0.4 is 5.32 Å². The summed E-state index contributed by atoms with van der Waals surface area (Å²) in [5.41, 5.74) is 0.605. The number of phenolic OH excluding ortho intramolecular Hbond substituents is 2. The fraction of sp³-hybridized carbons (Fsp3) is 0.647. The predicted octanol–water partition coefficient (Wildman–Crippen LogP) is 4.11. The average molecular weight is 277 g/mol. The first kappa shape index (κ1) is 15.2. The van der Waals surface area contributed by atoms with Crippen LogP contribution in [0.2, 0.25) is 0 Å². The van der Waals surface area contributed by atoms with Crippen LogP contribution in [0.3, 0.4) is 0 Å². The minimum atomic E-state index is -0.0468. The molecule has 0 aromatic heterocycles. The zero-order valence-corrected chi connectivity index (χ0v) is 12.6. The summed E-state index contributed by atoms with van der Waals surface area (Å²) in [7, 11) is 0. The minimum Gasteiger partial charge on any atom is -0.507 e. The van der Waals surface area contributed by atoms with Crippen molar-refractivity contribution in [2.75, 3.05) is 0 Å². The van der Waals surface area contributed by atoms with Crippen LogP contribution in [0, 0.1) is 5.92 Å².